The monoisotopic (exact) mass is 437 g/mol. The zero-order valence-electron chi connectivity index (χ0n) is 18.9. The highest BCUT2D eigenvalue weighted by Gasteiger charge is 2.43. The number of para-hydroxylation sites is 4. The van der Waals surface area contributed by atoms with Crippen molar-refractivity contribution in [2.24, 2.45) is 0 Å². The Hall–Kier alpha value is -4.68. The second-order valence-corrected chi connectivity index (χ2v) is 8.58. The van der Waals surface area contributed by atoms with Gasteiger partial charge < -0.3 is 14.6 Å². The van der Waals surface area contributed by atoms with Gasteiger partial charge in [0.25, 0.3) is 0 Å². The Bertz CT molecular complexity index is 1430. The number of nitriles is 2. The fourth-order valence-electron chi connectivity index (χ4n) is 5.41. The number of hydrogen-bond donors (Lipinski definition) is 0. The molecular weight excluding hydrogens is 417 g/mol. The highest BCUT2D eigenvalue weighted by atomic mass is 15.2. The first-order chi connectivity index (χ1) is 16.7. The lowest BCUT2D eigenvalue weighted by Gasteiger charge is -2.45. The van der Waals surface area contributed by atoms with Gasteiger partial charge in [-0.1, -0.05) is 48.5 Å². The smallest absolute Gasteiger partial charge is 0.332 e. The van der Waals surface area contributed by atoms with Crippen molar-refractivity contribution in [2.45, 2.75) is 0 Å². The van der Waals surface area contributed by atoms with E-state index in [1.165, 1.54) is 0 Å². The third-order valence-corrected chi connectivity index (χ3v) is 6.92. The van der Waals surface area contributed by atoms with Crippen LogP contribution in [0.5, 0.6) is 0 Å². The van der Waals surface area contributed by atoms with E-state index in [2.05, 4.69) is 70.2 Å². The molecule has 2 heterocycles. The topological polar surface area (TPSA) is 57.3 Å². The van der Waals surface area contributed by atoms with Crippen LogP contribution < -0.4 is 25.5 Å². The fraction of sp³-hybridized carbons (Fsp3) is 0.0714. The van der Waals surface area contributed by atoms with E-state index in [1.807, 2.05) is 55.6 Å². The lowest BCUT2D eigenvalue weighted by molar-refractivity contribution is 1.14. The van der Waals surface area contributed by atoms with Crippen LogP contribution >= 0.6 is 0 Å². The van der Waals surface area contributed by atoms with Crippen LogP contribution in [0.15, 0.2) is 84.9 Å². The number of anilines is 6. The maximum atomic E-state index is 10.1. The highest BCUT2D eigenvalue weighted by molar-refractivity contribution is 6.92. The van der Waals surface area contributed by atoms with Gasteiger partial charge in [0.15, 0.2) is 0 Å². The standard InChI is InChI=1S/C28H20BN5/c1-32-23-13-5-3-11-21(23)29(22-12-4-6-14-24(22)32)34-27-19(17-30)9-7-15-25(27)33(2)26-16-8-10-20(18-31)28(26)34/h3-16H,1-2H3. The average Bonchev–Trinajstić information content (AvgIpc) is 2.89. The number of hydrogen-bond acceptors (Lipinski definition) is 5. The summed E-state index contributed by atoms with van der Waals surface area (Å²) in [6.07, 6.45) is 0. The molecule has 2 aliphatic rings. The Morgan fingerprint density at radius 1 is 0.559 bits per heavy atom. The lowest BCUT2D eigenvalue weighted by Crippen LogP contribution is -2.60. The molecule has 0 spiro atoms. The Morgan fingerprint density at radius 3 is 1.44 bits per heavy atom. The molecule has 0 amide bonds. The summed E-state index contributed by atoms with van der Waals surface area (Å²) in [5, 5.41) is 20.3. The van der Waals surface area contributed by atoms with Gasteiger partial charge in [0, 0.05) is 25.5 Å². The molecule has 0 saturated carbocycles. The molecule has 0 unspecified atom stereocenters. The van der Waals surface area contributed by atoms with E-state index >= 15 is 0 Å². The number of nitrogens with zero attached hydrogens (tertiary/aromatic N) is 5. The van der Waals surface area contributed by atoms with Gasteiger partial charge in [0.1, 0.15) is 12.1 Å². The maximum Gasteiger partial charge on any atom is 0.332 e. The lowest BCUT2D eigenvalue weighted by atomic mass is 9.46. The molecule has 0 bridgehead atoms. The van der Waals surface area contributed by atoms with Crippen molar-refractivity contribution >= 4 is 51.9 Å². The second kappa shape index (κ2) is 7.44. The van der Waals surface area contributed by atoms with Crippen molar-refractivity contribution in [3.8, 4) is 12.1 Å². The number of rotatable bonds is 1. The molecule has 0 radical (unpaired) electrons. The van der Waals surface area contributed by atoms with Crippen LogP contribution in [0.4, 0.5) is 34.1 Å². The fourth-order valence-corrected chi connectivity index (χ4v) is 5.41. The molecule has 0 saturated heterocycles. The number of benzene rings is 4. The highest BCUT2D eigenvalue weighted by Crippen LogP contribution is 2.51. The number of fused-ring (bicyclic) bond motifs is 4. The Balaban J connectivity index is 1.76. The van der Waals surface area contributed by atoms with Crippen LogP contribution in [0.3, 0.4) is 0 Å². The minimum atomic E-state index is -0.209. The van der Waals surface area contributed by atoms with E-state index in [9.17, 15) is 10.5 Å². The zero-order chi connectivity index (χ0) is 23.4. The molecule has 34 heavy (non-hydrogen) atoms. The van der Waals surface area contributed by atoms with E-state index in [0.717, 1.165) is 45.0 Å². The minimum Gasteiger partial charge on any atom is -0.371 e. The summed E-state index contributed by atoms with van der Waals surface area (Å²) in [7, 11) is 4.08. The third kappa shape index (κ3) is 2.60. The summed E-state index contributed by atoms with van der Waals surface area (Å²) < 4.78 is 0. The van der Waals surface area contributed by atoms with E-state index in [4.69, 9.17) is 0 Å². The zero-order valence-corrected chi connectivity index (χ0v) is 18.9. The summed E-state index contributed by atoms with van der Waals surface area (Å²) >= 11 is 0. The van der Waals surface area contributed by atoms with Crippen LogP contribution in [0.1, 0.15) is 11.1 Å². The van der Waals surface area contributed by atoms with Crippen molar-refractivity contribution in [3.63, 3.8) is 0 Å². The van der Waals surface area contributed by atoms with Crippen molar-refractivity contribution in [1.82, 2.24) is 0 Å². The van der Waals surface area contributed by atoms with Gasteiger partial charge in [-0.15, -0.1) is 0 Å². The molecule has 6 heteroatoms. The van der Waals surface area contributed by atoms with Gasteiger partial charge in [-0.05, 0) is 47.3 Å². The van der Waals surface area contributed by atoms with E-state index in [-0.39, 0.29) is 6.85 Å². The summed E-state index contributed by atoms with van der Waals surface area (Å²) in [6, 6.07) is 33.2. The molecule has 5 nitrogen and oxygen atoms in total. The molecule has 6 rings (SSSR count). The molecule has 0 atom stereocenters. The molecule has 160 valence electrons. The van der Waals surface area contributed by atoms with Crippen LogP contribution in [0.2, 0.25) is 0 Å². The largest absolute Gasteiger partial charge is 0.371 e. The molecule has 0 fully saturated rings. The SMILES string of the molecule is CN1c2ccccc2B(N2c3c(C#N)cccc3N(C)c3cccc(C#N)c32)c2ccccc21. The van der Waals surface area contributed by atoms with Crippen molar-refractivity contribution in [2.75, 3.05) is 28.7 Å². The van der Waals surface area contributed by atoms with Crippen molar-refractivity contribution in [1.29, 1.82) is 10.5 Å². The Labute approximate surface area is 199 Å². The summed E-state index contributed by atoms with van der Waals surface area (Å²) in [6.45, 7) is -0.209. The molecule has 0 aliphatic carbocycles. The molecule has 0 N–H and O–H groups in total. The van der Waals surface area contributed by atoms with Gasteiger partial charge in [-0.2, -0.15) is 10.5 Å². The van der Waals surface area contributed by atoms with Crippen LogP contribution in [-0.4, -0.2) is 20.9 Å². The van der Waals surface area contributed by atoms with Crippen LogP contribution in [-0.2, 0) is 0 Å². The van der Waals surface area contributed by atoms with Crippen molar-refractivity contribution in [3.05, 3.63) is 96.1 Å². The van der Waals surface area contributed by atoms with Crippen molar-refractivity contribution < 1.29 is 0 Å². The first-order valence-corrected chi connectivity index (χ1v) is 11.2. The van der Waals surface area contributed by atoms with Gasteiger partial charge in [0.05, 0.1) is 33.9 Å². The predicted octanol–water partition coefficient (Wildman–Crippen LogP) is 4.54. The Kier molecular flexibility index (Phi) is 4.37. The van der Waals surface area contributed by atoms with E-state index < -0.39 is 0 Å². The van der Waals surface area contributed by atoms with Gasteiger partial charge in [0.2, 0.25) is 0 Å². The summed E-state index contributed by atoms with van der Waals surface area (Å²) in [5.74, 6) is 0. The molecular formula is C28H20BN5. The van der Waals surface area contributed by atoms with E-state index in [1.54, 1.807) is 0 Å². The van der Waals surface area contributed by atoms with Gasteiger partial charge in [-0.3, -0.25) is 0 Å². The summed E-state index contributed by atoms with van der Waals surface area (Å²) in [5.41, 5.74) is 9.16. The molecule has 4 aromatic carbocycles. The normalized spacial score (nSPS) is 13.3. The van der Waals surface area contributed by atoms with Gasteiger partial charge >= 0.3 is 6.85 Å². The first kappa shape index (κ1) is 20.0. The predicted molar refractivity (Wildman–Crippen MR) is 138 cm³/mol. The van der Waals surface area contributed by atoms with Crippen LogP contribution in [0, 0.1) is 22.7 Å². The quantitative estimate of drug-likeness (QED) is 0.410. The maximum absolute atomic E-state index is 10.1. The second-order valence-electron chi connectivity index (χ2n) is 8.58. The van der Waals surface area contributed by atoms with Crippen LogP contribution in [0.25, 0.3) is 0 Å². The molecule has 4 aromatic rings. The average molecular weight is 437 g/mol. The minimum absolute atomic E-state index is 0.209. The summed E-state index contributed by atoms with van der Waals surface area (Å²) in [4.78, 5) is 6.51. The van der Waals surface area contributed by atoms with Gasteiger partial charge in [-0.25, -0.2) is 0 Å². The third-order valence-electron chi connectivity index (χ3n) is 6.92. The first-order valence-electron chi connectivity index (χ1n) is 11.2. The molecule has 2 aliphatic heterocycles. The Morgan fingerprint density at radius 2 is 0.971 bits per heavy atom. The molecule has 0 aromatic heterocycles. The van der Waals surface area contributed by atoms with E-state index in [0.29, 0.717) is 11.1 Å².